The predicted molar refractivity (Wildman–Crippen MR) is 90.1 cm³/mol. The maximum Gasteiger partial charge on any atom is 0.242 e. The van der Waals surface area contributed by atoms with Crippen LogP contribution in [0.15, 0.2) is 12.4 Å². The van der Waals surface area contributed by atoms with Crippen molar-refractivity contribution in [3.05, 3.63) is 18.0 Å². The van der Waals surface area contributed by atoms with Crippen molar-refractivity contribution in [1.29, 1.82) is 0 Å². The van der Waals surface area contributed by atoms with Gasteiger partial charge in [-0.3, -0.25) is 14.3 Å². The molecule has 2 heterocycles. The van der Waals surface area contributed by atoms with Gasteiger partial charge in [0.2, 0.25) is 11.8 Å². The van der Waals surface area contributed by atoms with E-state index in [0.29, 0.717) is 13.1 Å². The van der Waals surface area contributed by atoms with Gasteiger partial charge in [-0.2, -0.15) is 5.10 Å². The number of hydrogen-bond donors (Lipinski definition) is 2. The van der Waals surface area contributed by atoms with Crippen molar-refractivity contribution in [3.8, 4) is 0 Å². The summed E-state index contributed by atoms with van der Waals surface area (Å²) in [6, 6.07) is -0.0906. The van der Waals surface area contributed by atoms with Gasteiger partial charge < -0.3 is 16.0 Å². The lowest BCUT2D eigenvalue weighted by Gasteiger charge is -2.22. The Morgan fingerprint density at radius 1 is 1.29 bits per heavy atom. The lowest BCUT2D eigenvalue weighted by molar-refractivity contribution is -0.133. The molecule has 7 heteroatoms. The monoisotopic (exact) mass is 333 g/mol. The Kier molecular flexibility index (Phi) is 5.18. The van der Waals surface area contributed by atoms with E-state index in [9.17, 15) is 9.59 Å². The van der Waals surface area contributed by atoms with Crippen molar-refractivity contribution in [3.63, 3.8) is 0 Å². The molecule has 2 fully saturated rings. The Morgan fingerprint density at radius 3 is 2.71 bits per heavy atom. The number of aromatic nitrogens is 2. The van der Waals surface area contributed by atoms with Gasteiger partial charge in [-0.05, 0) is 18.4 Å². The third-order valence-corrected chi connectivity index (χ3v) is 5.26. The van der Waals surface area contributed by atoms with Crippen molar-refractivity contribution in [2.24, 2.45) is 18.7 Å². The highest BCUT2D eigenvalue weighted by Crippen LogP contribution is 2.26. The molecular weight excluding hydrogens is 306 g/mol. The van der Waals surface area contributed by atoms with Gasteiger partial charge in [0.05, 0.1) is 12.7 Å². The van der Waals surface area contributed by atoms with Crippen LogP contribution in [0.25, 0.3) is 0 Å². The first-order chi connectivity index (χ1) is 11.5. The minimum Gasteiger partial charge on any atom is -0.347 e. The zero-order chi connectivity index (χ0) is 17.1. The number of amides is 2. The first kappa shape index (κ1) is 17.0. The molecular formula is C17H27N5O2. The number of aryl methyl sites for hydroxylation is 1. The Labute approximate surface area is 142 Å². The second kappa shape index (κ2) is 7.34. The molecule has 0 spiro atoms. The fourth-order valence-corrected chi connectivity index (χ4v) is 3.80. The van der Waals surface area contributed by atoms with Gasteiger partial charge in [-0.25, -0.2) is 0 Å². The molecule has 2 aliphatic rings. The predicted octanol–water partition coefficient (Wildman–Crippen LogP) is 0.370. The minimum absolute atomic E-state index is 0.0235. The van der Waals surface area contributed by atoms with Crippen molar-refractivity contribution < 1.29 is 9.59 Å². The smallest absolute Gasteiger partial charge is 0.242 e. The molecule has 0 aromatic carbocycles. The Bertz CT molecular complexity index is 594. The zero-order valence-corrected chi connectivity index (χ0v) is 14.3. The topological polar surface area (TPSA) is 93.2 Å². The SMILES string of the molecule is Cn1cc([C@@H]2CN(C(=O)CNC(=O)C3CCCCC3)C[C@H]2N)cn1. The summed E-state index contributed by atoms with van der Waals surface area (Å²) in [7, 11) is 1.87. The zero-order valence-electron chi connectivity index (χ0n) is 14.3. The fraction of sp³-hybridized carbons (Fsp3) is 0.706. The van der Waals surface area contributed by atoms with Gasteiger partial charge in [-0.1, -0.05) is 19.3 Å². The largest absolute Gasteiger partial charge is 0.347 e. The number of carbonyl (C=O) groups excluding carboxylic acids is 2. The van der Waals surface area contributed by atoms with Crippen LogP contribution < -0.4 is 11.1 Å². The van der Waals surface area contributed by atoms with E-state index in [1.54, 1.807) is 9.58 Å². The summed E-state index contributed by atoms with van der Waals surface area (Å²) in [6.45, 7) is 1.19. The maximum absolute atomic E-state index is 12.4. The Balaban J connectivity index is 1.49. The molecule has 1 aliphatic heterocycles. The molecule has 1 saturated carbocycles. The van der Waals surface area contributed by atoms with Crippen LogP contribution in [0.2, 0.25) is 0 Å². The van der Waals surface area contributed by atoms with Gasteiger partial charge in [0, 0.05) is 44.2 Å². The van der Waals surface area contributed by atoms with Crippen LogP contribution in [-0.4, -0.2) is 52.2 Å². The molecule has 1 aromatic heterocycles. The molecule has 3 rings (SSSR count). The third-order valence-electron chi connectivity index (χ3n) is 5.26. The van der Waals surface area contributed by atoms with Crippen molar-refractivity contribution in [1.82, 2.24) is 20.0 Å². The molecule has 0 bridgehead atoms. The third kappa shape index (κ3) is 3.77. The minimum atomic E-state index is -0.0906. The molecule has 3 N–H and O–H groups in total. The maximum atomic E-state index is 12.4. The summed E-state index contributed by atoms with van der Waals surface area (Å²) in [6.07, 6.45) is 9.08. The average Bonchev–Trinajstić information content (AvgIpc) is 3.18. The number of carbonyl (C=O) groups is 2. The summed E-state index contributed by atoms with van der Waals surface area (Å²) in [5.74, 6) is 0.156. The molecule has 132 valence electrons. The molecule has 7 nitrogen and oxygen atoms in total. The Hall–Kier alpha value is -1.89. The summed E-state index contributed by atoms with van der Waals surface area (Å²) in [5, 5.41) is 6.99. The van der Waals surface area contributed by atoms with E-state index in [1.807, 2.05) is 19.4 Å². The molecule has 1 aliphatic carbocycles. The number of likely N-dealkylation sites (tertiary alicyclic amines) is 1. The van der Waals surface area contributed by atoms with Crippen LogP contribution in [0.4, 0.5) is 0 Å². The van der Waals surface area contributed by atoms with Gasteiger partial charge in [0.1, 0.15) is 0 Å². The van der Waals surface area contributed by atoms with E-state index in [-0.39, 0.29) is 36.2 Å². The fourth-order valence-electron chi connectivity index (χ4n) is 3.80. The average molecular weight is 333 g/mol. The van der Waals surface area contributed by atoms with Crippen molar-refractivity contribution in [2.75, 3.05) is 19.6 Å². The van der Waals surface area contributed by atoms with E-state index < -0.39 is 0 Å². The summed E-state index contributed by atoms with van der Waals surface area (Å²) >= 11 is 0. The van der Waals surface area contributed by atoms with Gasteiger partial charge >= 0.3 is 0 Å². The van der Waals surface area contributed by atoms with E-state index in [1.165, 1.54) is 6.42 Å². The second-order valence-corrected chi connectivity index (χ2v) is 7.07. The van der Waals surface area contributed by atoms with Crippen LogP contribution in [-0.2, 0) is 16.6 Å². The van der Waals surface area contributed by atoms with Gasteiger partial charge in [-0.15, -0.1) is 0 Å². The van der Waals surface area contributed by atoms with Crippen LogP contribution in [0.3, 0.4) is 0 Å². The number of nitrogens with two attached hydrogens (primary N) is 1. The first-order valence-corrected chi connectivity index (χ1v) is 8.84. The highest BCUT2D eigenvalue weighted by molar-refractivity contribution is 5.86. The molecule has 2 atom stereocenters. The van der Waals surface area contributed by atoms with Gasteiger partial charge in [0.25, 0.3) is 0 Å². The van der Waals surface area contributed by atoms with Crippen LogP contribution in [0.5, 0.6) is 0 Å². The quantitative estimate of drug-likeness (QED) is 0.832. The van der Waals surface area contributed by atoms with E-state index in [4.69, 9.17) is 5.73 Å². The lowest BCUT2D eigenvalue weighted by Crippen LogP contribution is -2.42. The molecule has 0 radical (unpaired) electrons. The molecule has 24 heavy (non-hydrogen) atoms. The van der Waals surface area contributed by atoms with E-state index in [0.717, 1.165) is 31.2 Å². The molecule has 1 saturated heterocycles. The highest BCUT2D eigenvalue weighted by Gasteiger charge is 2.34. The second-order valence-electron chi connectivity index (χ2n) is 7.07. The molecule has 1 aromatic rings. The standard InChI is InChI=1S/C17H27N5O2/c1-21-9-13(7-20-21)14-10-22(11-15(14)18)16(23)8-19-17(24)12-5-3-2-4-6-12/h7,9,12,14-15H,2-6,8,10-11,18H2,1H3,(H,19,24)/t14-,15+/m0/s1. The number of nitrogens with one attached hydrogen (secondary N) is 1. The van der Waals surface area contributed by atoms with Crippen LogP contribution in [0, 0.1) is 5.92 Å². The first-order valence-electron chi connectivity index (χ1n) is 8.84. The van der Waals surface area contributed by atoms with E-state index in [2.05, 4.69) is 10.4 Å². The Morgan fingerprint density at radius 2 is 2.04 bits per heavy atom. The van der Waals surface area contributed by atoms with Crippen LogP contribution in [0.1, 0.15) is 43.6 Å². The number of hydrogen-bond acceptors (Lipinski definition) is 4. The van der Waals surface area contributed by atoms with Crippen molar-refractivity contribution in [2.45, 2.75) is 44.1 Å². The number of rotatable bonds is 4. The summed E-state index contributed by atoms with van der Waals surface area (Å²) in [5.41, 5.74) is 7.26. The van der Waals surface area contributed by atoms with E-state index >= 15 is 0 Å². The van der Waals surface area contributed by atoms with Crippen LogP contribution >= 0.6 is 0 Å². The highest BCUT2D eigenvalue weighted by atomic mass is 16.2. The van der Waals surface area contributed by atoms with Gasteiger partial charge in [0.15, 0.2) is 0 Å². The normalized spacial score (nSPS) is 25.0. The molecule has 0 unspecified atom stereocenters. The summed E-state index contributed by atoms with van der Waals surface area (Å²) < 4.78 is 1.75. The summed E-state index contributed by atoms with van der Waals surface area (Å²) in [4.78, 5) is 26.3. The lowest BCUT2D eigenvalue weighted by atomic mass is 9.89. The number of nitrogens with zero attached hydrogens (tertiary/aromatic N) is 3. The van der Waals surface area contributed by atoms with Crippen molar-refractivity contribution >= 4 is 11.8 Å². The molecule has 2 amide bonds.